The number of benzene rings is 1. The van der Waals surface area contributed by atoms with Crippen LogP contribution in [0.5, 0.6) is 0 Å². The molecule has 0 saturated heterocycles. The van der Waals surface area contributed by atoms with Crippen molar-refractivity contribution in [3.05, 3.63) is 35.4 Å². The third-order valence-electron chi connectivity index (χ3n) is 6.97. The van der Waals surface area contributed by atoms with E-state index in [1.54, 1.807) is 0 Å². The van der Waals surface area contributed by atoms with Crippen LogP contribution >= 0.6 is 0 Å². The summed E-state index contributed by atoms with van der Waals surface area (Å²) in [6, 6.07) is 8.94. The van der Waals surface area contributed by atoms with E-state index in [0.29, 0.717) is 16.2 Å². The predicted octanol–water partition coefficient (Wildman–Crippen LogP) is 9.31. The molecule has 2 rings (SSSR count). The highest BCUT2D eigenvalue weighted by molar-refractivity contribution is 5.32. The lowest BCUT2D eigenvalue weighted by molar-refractivity contribution is -0.00591. The average molecular weight is 387 g/mol. The molecule has 1 aliphatic rings. The molecule has 28 heavy (non-hydrogen) atoms. The van der Waals surface area contributed by atoms with Gasteiger partial charge in [0.15, 0.2) is 0 Å². The molecule has 0 bridgehead atoms. The van der Waals surface area contributed by atoms with Crippen molar-refractivity contribution in [3.63, 3.8) is 0 Å². The highest BCUT2D eigenvalue weighted by Crippen LogP contribution is 2.56. The molecule has 0 heterocycles. The third-order valence-corrected chi connectivity index (χ3v) is 6.97. The molecule has 0 radical (unpaired) electrons. The Balaban J connectivity index is 0.000000280. The fraction of sp³-hybridized carbons (Fsp3) is 0.786. The van der Waals surface area contributed by atoms with Gasteiger partial charge in [-0.2, -0.15) is 0 Å². The summed E-state index contributed by atoms with van der Waals surface area (Å²) in [6.45, 7) is 28.2. The van der Waals surface area contributed by atoms with Crippen molar-refractivity contribution in [3.8, 4) is 0 Å². The van der Waals surface area contributed by atoms with Crippen molar-refractivity contribution >= 4 is 0 Å². The Hall–Kier alpha value is -0.780. The van der Waals surface area contributed by atoms with Gasteiger partial charge in [-0.15, -0.1) is 0 Å². The second kappa shape index (κ2) is 8.53. The van der Waals surface area contributed by atoms with Gasteiger partial charge in [-0.1, -0.05) is 120 Å². The quantitative estimate of drug-likeness (QED) is 0.475. The van der Waals surface area contributed by atoms with Crippen LogP contribution in [0.4, 0.5) is 0 Å². The molecule has 2 atom stereocenters. The Kier molecular flexibility index (Phi) is 7.69. The zero-order valence-electron chi connectivity index (χ0n) is 21.3. The van der Waals surface area contributed by atoms with Crippen molar-refractivity contribution < 1.29 is 0 Å². The van der Waals surface area contributed by atoms with Crippen molar-refractivity contribution in [2.45, 2.75) is 126 Å². The maximum Gasteiger partial charge on any atom is -0.0132 e. The summed E-state index contributed by atoms with van der Waals surface area (Å²) in [5, 5.41) is 0. The van der Waals surface area contributed by atoms with E-state index in [1.807, 2.05) is 0 Å². The van der Waals surface area contributed by atoms with E-state index < -0.39 is 0 Å². The van der Waals surface area contributed by atoms with E-state index in [0.717, 1.165) is 0 Å². The minimum absolute atomic E-state index is 0.251. The van der Waals surface area contributed by atoms with E-state index in [1.165, 1.54) is 43.2 Å². The van der Waals surface area contributed by atoms with Crippen LogP contribution in [0.1, 0.15) is 126 Å². The molecule has 1 aromatic rings. The Labute approximate surface area is 177 Å². The van der Waals surface area contributed by atoms with Crippen molar-refractivity contribution in [1.82, 2.24) is 0 Å². The van der Waals surface area contributed by atoms with Gasteiger partial charge >= 0.3 is 0 Å². The SMILES string of the molecule is CC(C)(C)c1cccc(C(C)(C)C)c1.CCC1(C)CC(C)(C)CC(C)(CC)C1. The highest BCUT2D eigenvalue weighted by Gasteiger charge is 2.44. The second-order valence-electron chi connectivity index (χ2n) is 13.1. The molecular formula is C28H50. The van der Waals surface area contributed by atoms with Crippen molar-refractivity contribution in [2.75, 3.05) is 0 Å². The Morgan fingerprint density at radius 2 is 1.04 bits per heavy atom. The molecule has 0 nitrogen and oxygen atoms in total. The monoisotopic (exact) mass is 386 g/mol. The molecule has 0 aromatic heterocycles. The third kappa shape index (κ3) is 7.23. The Bertz CT molecular complexity index is 573. The summed E-state index contributed by atoms with van der Waals surface area (Å²) in [7, 11) is 0. The van der Waals surface area contributed by atoms with E-state index >= 15 is 0 Å². The minimum Gasteiger partial charge on any atom is -0.0649 e. The lowest BCUT2D eigenvalue weighted by Crippen LogP contribution is -2.40. The molecule has 2 unspecified atom stereocenters. The standard InChI is InChI=1S/C14H22.C14H28/c1-13(2,3)11-8-7-9-12(10-11)14(4,5)6;1-7-13(5)9-12(3,4)10-14(6,8-2)11-13/h7-10H,1-6H3;7-11H2,1-6H3. The molecule has 1 saturated carbocycles. The fourth-order valence-corrected chi connectivity index (χ4v) is 5.48. The van der Waals surface area contributed by atoms with Crippen LogP contribution in [-0.4, -0.2) is 0 Å². The first-order valence-corrected chi connectivity index (χ1v) is 11.6. The van der Waals surface area contributed by atoms with Crippen molar-refractivity contribution in [2.24, 2.45) is 16.2 Å². The van der Waals surface area contributed by atoms with Gasteiger partial charge in [0.2, 0.25) is 0 Å². The normalized spacial score (nSPS) is 27.7. The van der Waals surface area contributed by atoms with Crippen LogP contribution in [-0.2, 0) is 10.8 Å². The second-order valence-corrected chi connectivity index (χ2v) is 13.1. The highest BCUT2D eigenvalue weighted by atomic mass is 14.5. The van der Waals surface area contributed by atoms with Gasteiger partial charge in [-0.3, -0.25) is 0 Å². The summed E-state index contributed by atoms with van der Waals surface area (Å²) in [4.78, 5) is 0. The smallest absolute Gasteiger partial charge is 0.0132 e. The first kappa shape index (κ1) is 25.3. The van der Waals surface area contributed by atoms with Gasteiger partial charge in [0.05, 0.1) is 0 Å². The predicted molar refractivity (Wildman–Crippen MR) is 128 cm³/mol. The molecule has 0 heteroatoms. The van der Waals surface area contributed by atoms with Gasteiger partial charge in [0, 0.05) is 0 Å². The maximum absolute atomic E-state index is 2.49. The zero-order chi connectivity index (χ0) is 22.0. The van der Waals surface area contributed by atoms with E-state index in [2.05, 4.69) is 107 Å². The number of hydrogen-bond donors (Lipinski definition) is 0. The van der Waals surface area contributed by atoms with E-state index in [9.17, 15) is 0 Å². The first-order valence-electron chi connectivity index (χ1n) is 11.6. The number of hydrogen-bond acceptors (Lipinski definition) is 0. The van der Waals surface area contributed by atoms with Gasteiger partial charge in [0.1, 0.15) is 0 Å². The van der Waals surface area contributed by atoms with Crippen LogP contribution in [0.25, 0.3) is 0 Å². The largest absolute Gasteiger partial charge is 0.0649 e. The summed E-state index contributed by atoms with van der Waals surface area (Å²) >= 11 is 0. The van der Waals surface area contributed by atoms with Crippen LogP contribution in [0.2, 0.25) is 0 Å². The molecule has 1 aromatic carbocycles. The topological polar surface area (TPSA) is 0 Å². The van der Waals surface area contributed by atoms with E-state index in [4.69, 9.17) is 0 Å². The maximum atomic E-state index is 2.49. The zero-order valence-corrected chi connectivity index (χ0v) is 21.3. The molecule has 0 aliphatic heterocycles. The molecule has 1 fully saturated rings. The van der Waals surface area contributed by atoms with Gasteiger partial charge in [-0.05, 0) is 57.5 Å². The molecule has 1 aliphatic carbocycles. The molecule has 0 spiro atoms. The molecule has 0 amide bonds. The minimum atomic E-state index is 0.251. The van der Waals surface area contributed by atoms with E-state index in [-0.39, 0.29) is 10.8 Å². The summed E-state index contributed by atoms with van der Waals surface area (Å²) < 4.78 is 0. The molecular weight excluding hydrogens is 336 g/mol. The summed E-state index contributed by atoms with van der Waals surface area (Å²) in [6.07, 6.45) is 6.92. The number of rotatable bonds is 2. The average Bonchev–Trinajstić information content (AvgIpc) is 2.52. The first-order chi connectivity index (χ1) is 12.5. The molecule has 0 N–H and O–H groups in total. The summed E-state index contributed by atoms with van der Waals surface area (Å²) in [5.74, 6) is 0. The Morgan fingerprint density at radius 3 is 1.32 bits per heavy atom. The fourth-order valence-electron chi connectivity index (χ4n) is 5.48. The van der Waals surface area contributed by atoms with Crippen molar-refractivity contribution in [1.29, 1.82) is 0 Å². The lowest BCUT2D eigenvalue weighted by atomic mass is 9.54. The Morgan fingerprint density at radius 1 is 0.679 bits per heavy atom. The lowest BCUT2D eigenvalue weighted by Gasteiger charge is -2.51. The summed E-state index contributed by atoms with van der Waals surface area (Å²) in [5.41, 5.74) is 5.07. The van der Waals surface area contributed by atoms with Crippen LogP contribution < -0.4 is 0 Å². The molecule has 162 valence electrons. The van der Waals surface area contributed by atoms with Gasteiger partial charge < -0.3 is 0 Å². The van der Waals surface area contributed by atoms with Gasteiger partial charge in [0.25, 0.3) is 0 Å². The van der Waals surface area contributed by atoms with Crippen LogP contribution in [0.15, 0.2) is 24.3 Å². The van der Waals surface area contributed by atoms with Crippen LogP contribution in [0.3, 0.4) is 0 Å². The van der Waals surface area contributed by atoms with Crippen LogP contribution in [0, 0.1) is 16.2 Å². The van der Waals surface area contributed by atoms with Gasteiger partial charge in [-0.25, -0.2) is 0 Å².